The third-order valence-corrected chi connectivity index (χ3v) is 4.62. The molecule has 4 rings (SSSR count). The van der Waals surface area contributed by atoms with Crippen molar-refractivity contribution >= 4 is 0 Å². The zero-order valence-corrected chi connectivity index (χ0v) is 14.5. The lowest BCUT2D eigenvalue weighted by atomic mass is 10.00. The second-order valence-corrected chi connectivity index (χ2v) is 6.46. The topological polar surface area (TPSA) is 88.5 Å². The van der Waals surface area contributed by atoms with Crippen molar-refractivity contribution in [1.29, 1.82) is 0 Å². The van der Waals surface area contributed by atoms with E-state index in [1.165, 1.54) is 0 Å². The normalized spacial score (nSPS) is 17.0. The van der Waals surface area contributed by atoms with Gasteiger partial charge in [0.1, 0.15) is 18.5 Å². The summed E-state index contributed by atoms with van der Waals surface area (Å²) in [7, 11) is 1.91. The van der Waals surface area contributed by atoms with E-state index in [1.54, 1.807) is 18.9 Å². The molecule has 0 spiro atoms. The quantitative estimate of drug-likeness (QED) is 0.694. The molecule has 0 aliphatic carbocycles. The second-order valence-electron chi connectivity index (χ2n) is 6.46. The first-order chi connectivity index (χ1) is 12.2. The van der Waals surface area contributed by atoms with Gasteiger partial charge >= 0.3 is 0 Å². The molecule has 3 aromatic heterocycles. The number of nitrogens with zero attached hydrogens (tertiary/aromatic N) is 8. The molecule has 132 valence electrons. The van der Waals surface area contributed by atoms with E-state index in [4.69, 9.17) is 14.8 Å². The van der Waals surface area contributed by atoms with Crippen LogP contribution >= 0.6 is 0 Å². The van der Waals surface area contributed by atoms with Crippen LogP contribution in [0, 0.1) is 0 Å². The van der Waals surface area contributed by atoms with E-state index in [-0.39, 0.29) is 5.92 Å². The first-order valence-electron chi connectivity index (χ1n) is 8.57. The predicted octanol–water partition coefficient (Wildman–Crippen LogP) is 1.29. The van der Waals surface area contributed by atoms with E-state index >= 15 is 0 Å². The molecule has 9 nitrogen and oxygen atoms in total. The van der Waals surface area contributed by atoms with Crippen LogP contribution in [0.1, 0.15) is 43.3 Å². The van der Waals surface area contributed by atoms with Gasteiger partial charge in [-0.1, -0.05) is 6.92 Å². The number of hydrogen-bond acceptors (Lipinski definition) is 6. The van der Waals surface area contributed by atoms with Gasteiger partial charge in [0.15, 0.2) is 11.6 Å². The van der Waals surface area contributed by atoms with Gasteiger partial charge in [0.25, 0.3) is 0 Å². The average Bonchev–Trinajstić information content (AvgIpc) is 3.35. The largest absolute Gasteiger partial charge is 0.381 e. The van der Waals surface area contributed by atoms with Crippen LogP contribution in [-0.2, 0) is 18.3 Å². The molecule has 0 radical (unpaired) electrons. The van der Waals surface area contributed by atoms with Gasteiger partial charge in [-0.3, -0.25) is 9.36 Å². The molecule has 3 aromatic rings. The summed E-state index contributed by atoms with van der Waals surface area (Å²) in [5, 5.41) is 13.3. The Hall–Kier alpha value is -2.55. The minimum absolute atomic E-state index is 0.137. The number of hydrogen-bond donors (Lipinski definition) is 0. The van der Waals surface area contributed by atoms with Crippen molar-refractivity contribution in [1.82, 2.24) is 39.3 Å². The molecule has 9 heteroatoms. The van der Waals surface area contributed by atoms with Gasteiger partial charge in [-0.15, -0.1) is 5.10 Å². The van der Waals surface area contributed by atoms with Crippen molar-refractivity contribution in [2.24, 2.45) is 7.05 Å². The first kappa shape index (κ1) is 15.9. The highest BCUT2D eigenvalue weighted by Gasteiger charge is 2.25. The highest BCUT2D eigenvalue weighted by atomic mass is 16.5. The SMILES string of the molecule is CC(Cn1cncn1)c1nc(C2CCOCC2)nn1-c1ccnn1C. The second kappa shape index (κ2) is 6.75. The molecule has 1 aliphatic heterocycles. The van der Waals surface area contributed by atoms with Crippen molar-refractivity contribution in [3.63, 3.8) is 0 Å². The maximum absolute atomic E-state index is 5.47. The molecule has 25 heavy (non-hydrogen) atoms. The Labute approximate surface area is 145 Å². The van der Waals surface area contributed by atoms with Crippen LogP contribution in [0.15, 0.2) is 24.9 Å². The third-order valence-electron chi connectivity index (χ3n) is 4.62. The van der Waals surface area contributed by atoms with Crippen molar-refractivity contribution in [2.45, 2.75) is 38.1 Å². The third kappa shape index (κ3) is 3.19. The Balaban J connectivity index is 1.69. The molecule has 1 saturated heterocycles. The molecular weight excluding hydrogens is 320 g/mol. The Morgan fingerprint density at radius 1 is 1.28 bits per heavy atom. The van der Waals surface area contributed by atoms with E-state index in [1.807, 2.05) is 27.2 Å². The van der Waals surface area contributed by atoms with Crippen LogP contribution in [0.3, 0.4) is 0 Å². The van der Waals surface area contributed by atoms with Crippen molar-refractivity contribution in [3.8, 4) is 5.82 Å². The summed E-state index contributed by atoms with van der Waals surface area (Å²) in [4.78, 5) is 8.92. The molecule has 0 bridgehead atoms. The minimum Gasteiger partial charge on any atom is -0.381 e. The van der Waals surface area contributed by atoms with Crippen LogP contribution < -0.4 is 0 Å². The zero-order chi connectivity index (χ0) is 17.2. The molecule has 1 fully saturated rings. The number of ether oxygens (including phenoxy) is 1. The fraction of sp³-hybridized carbons (Fsp3) is 0.562. The van der Waals surface area contributed by atoms with Gasteiger partial charge in [0, 0.05) is 38.2 Å². The van der Waals surface area contributed by atoms with Crippen LogP contribution in [0.2, 0.25) is 0 Å². The molecule has 0 amide bonds. The van der Waals surface area contributed by atoms with Gasteiger partial charge in [-0.25, -0.2) is 9.97 Å². The maximum atomic E-state index is 5.47. The Morgan fingerprint density at radius 3 is 2.80 bits per heavy atom. The standard InChI is InChI=1S/C16H22N8O/c1-12(9-23-11-17-10-19-23)16-20-15(13-4-7-25-8-5-13)21-24(16)14-3-6-18-22(14)2/h3,6,10-13H,4-5,7-9H2,1-2H3. The van der Waals surface area contributed by atoms with E-state index < -0.39 is 0 Å². The Morgan fingerprint density at radius 2 is 2.12 bits per heavy atom. The molecule has 4 heterocycles. The summed E-state index contributed by atoms with van der Waals surface area (Å²) in [6, 6.07) is 1.95. The Kier molecular flexibility index (Phi) is 4.31. The summed E-state index contributed by atoms with van der Waals surface area (Å²) >= 11 is 0. The highest BCUT2D eigenvalue weighted by Crippen LogP contribution is 2.27. The fourth-order valence-electron chi connectivity index (χ4n) is 3.22. The maximum Gasteiger partial charge on any atom is 0.154 e. The van der Waals surface area contributed by atoms with Crippen LogP contribution in [-0.4, -0.2) is 52.5 Å². The van der Waals surface area contributed by atoms with Gasteiger partial charge in [-0.2, -0.15) is 14.9 Å². The minimum atomic E-state index is 0.137. The van der Waals surface area contributed by atoms with Gasteiger partial charge < -0.3 is 4.74 Å². The van der Waals surface area contributed by atoms with E-state index in [0.29, 0.717) is 12.5 Å². The number of aromatic nitrogens is 8. The molecule has 0 saturated carbocycles. The summed E-state index contributed by atoms with van der Waals surface area (Å²) in [6.45, 7) is 4.37. The summed E-state index contributed by atoms with van der Waals surface area (Å²) < 4.78 is 11.0. The van der Waals surface area contributed by atoms with Gasteiger partial charge in [0.05, 0.1) is 12.7 Å². The lowest BCUT2D eigenvalue weighted by Gasteiger charge is -2.18. The van der Waals surface area contributed by atoms with Gasteiger partial charge in [-0.05, 0) is 12.8 Å². The van der Waals surface area contributed by atoms with E-state index in [9.17, 15) is 0 Å². The van der Waals surface area contributed by atoms with Crippen LogP contribution in [0.25, 0.3) is 5.82 Å². The van der Waals surface area contributed by atoms with E-state index in [0.717, 1.165) is 43.5 Å². The lowest BCUT2D eigenvalue weighted by molar-refractivity contribution is 0.0836. The molecule has 1 unspecified atom stereocenters. The number of aryl methyl sites for hydroxylation is 1. The van der Waals surface area contributed by atoms with Gasteiger partial charge in [0.2, 0.25) is 0 Å². The average molecular weight is 342 g/mol. The summed E-state index contributed by atoms with van der Waals surface area (Å²) in [6.07, 6.45) is 6.97. The lowest BCUT2D eigenvalue weighted by Crippen LogP contribution is -2.15. The van der Waals surface area contributed by atoms with E-state index in [2.05, 4.69) is 22.1 Å². The fourth-order valence-corrected chi connectivity index (χ4v) is 3.22. The van der Waals surface area contributed by atoms with Crippen LogP contribution in [0.5, 0.6) is 0 Å². The molecule has 0 N–H and O–H groups in total. The predicted molar refractivity (Wildman–Crippen MR) is 89.4 cm³/mol. The highest BCUT2D eigenvalue weighted by molar-refractivity contribution is 5.23. The zero-order valence-electron chi connectivity index (χ0n) is 14.5. The van der Waals surface area contributed by atoms with Crippen molar-refractivity contribution in [2.75, 3.05) is 13.2 Å². The summed E-state index contributed by atoms with van der Waals surface area (Å²) in [5.41, 5.74) is 0. The Bertz CT molecular complexity index is 815. The van der Waals surface area contributed by atoms with Crippen molar-refractivity contribution < 1.29 is 4.74 Å². The first-order valence-corrected chi connectivity index (χ1v) is 8.57. The number of rotatable bonds is 5. The molecule has 1 aliphatic rings. The monoisotopic (exact) mass is 342 g/mol. The molecular formula is C16H22N8O. The van der Waals surface area contributed by atoms with Crippen molar-refractivity contribution in [3.05, 3.63) is 36.6 Å². The summed E-state index contributed by atoms with van der Waals surface area (Å²) in [5.74, 6) is 3.20. The van der Waals surface area contributed by atoms with Crippen LogP contribution in [0.4, 0.5) is 0 Å². The molecule has 0 aromatic carbocycles. The smallest absolute Gasteiger partial charge is 0.154 e. The molecule has 1 atom stereocenters.